The Morgan fingerprint density at radius 3 is 2.75 bits per heavy atom. The number of para-hydroxylation sites is 2. The summed E-state index contributed by atoms with van der Waals surface area (Å²) in [6.07, 6.45) is 5.21. The fourth-order valence-corrected chi connectivity index (χ4v) is 3.39. The first-order chi connectivity index (χ1) is 11.6. The van der Waals surface area contributed by atoms with Gasteiger partial charge in [-0.15, -0.1) is 0 Å². The molecule has 5 heteroatoms. The maximum Gasteiger partial charge on any atom is 0.242 e. The van der Waals surface area contributed by atoms with E-state index < -0.39 is 0 Å². The zero-order valence-electron chi connectivity index (χ0n) is 15.3. The number of rotatable bonds is 9. The van der Waals surface area contributed by atoms with E-state index in [9.17, 15) is 4.79 Å². The van der Waals surface area contributed by atoms with Crippen LogP contribution in [-0.2, 0) is 17.1 Å². The van der Waals surface area contributed by atoms with E-state index in [0.29, 0.717) is 6.54 Å². The summed E-state index contributed by atoms with van der Waals surface area (Å²) in [6.45, 7) is 7.67. The van der Waals surface area contributed by atoms with Gasteiger partial charge in [-0.05, 0) is 38.2 Å². The monoisotopic (exact) mass is 347 g/mol. The summed E-state index contributed by atoms with van der Waals surface area (Å²) < 4.78 is 2.09. The molecule has 0 aliphatic carbocycles. The summed E-state index contributed by atoms with van der Waals surface area (Å²) in [5.41, 5.74) is 2.02. The standard InChI is InChI=1S/C19H29N3OS/c1-5-7-12-21(15(3)6-2)19(23)13-22-17-11-9-8-10-16(17)20-18(22)14-24-4/h8-11,15H,5-7,12-14H2,1-4H3. The Balaban J connectivity index is 2.28. The number of benzene rings is 1. The zero-order chi connectivity index (χ0) is 17.5. The molecule has 0 spiro atoms. The molecule has 0 saturated heterocycles. The molecule has 1 atom stereocenters. The van der Waals surface area contributed by atoms with Crippen molar-refractivity contribution >= 4 is 28.7 Å². The summed E-state index contributed by atoms with van der Waals surface area (Å²) in [7, 11) is 0. The lowest BCUT2D eigenvalue weighted by Crippen LogP contribution is -2.41. The van der Waals surface area contributed by atoms with E-state index in [1.807, 2.05) is 23.1 Å². The second-order valence-corrected chi connectivity index (χ2v) is 7.10. The number of aromatic nitrogens is 2. The molecule has 1 unspecified atom stereocenters. The average molecular weight is 348 g/mol. The van der Waals surface area contributed by atoms with E-state index in [4.69, 9.17) is 4.98 Å². The summed E-state index contributed by atoms with van der Waals surface area (Å²) >= 11 is 1.74. The summed E-state index contributed by atoms with van der Waals surface area (Å²) in [6, 6.07) is 8.36. The van der Waals surface area contributed by atoms with Crippen molar-refractivity contribution in [1.29, 1.82) is 0 Å². The maximum absolute atomic E-state index is 13.0. The van der Waals surface area contributed by atoms with Crippen LogP contribution in [0.15, 0.2) is 24.3 Å². The highest BCUT2D eigenvalue weighted by Crippen LogP contribution is 2.20. The summed E-state index contributed by atoms with van der Waals surface area (Å²) in [5.74, 6) is 2.00. The van der Waals surface area contributed by atoms with Gasteiger partial charge in [0, 0.05) is 12.6 Å². The minimum atomic E-state index is 0.198. The van der Waals surface area contributed by atoms with Gasteiger partial charge in [0.05, 0.1) is 16.8 Å². The number of carbonyl (C=O) groups excluding carboxylic acids is 1. The number of carbonyl (C=O) groups is 1. The number of nitrogens with zero attached hydrogens (tertiary/aromatic N) is 3. The van der Waals surface area contributed by atoms with Crippen molar-refractivity contribution in [3.8, 4) is 0 Å². The predicted octanol–water partition coefficient (Wildman–Crippen LogP) is 4.33. The zero-order valence-corrected chi connectivity index (χ0v) is 16.1. The van der Waals surface area contributed by atoms with Gasteiger partial charge in [-0.2, -0.15) is 11.8 Å². The Hall–Kier alpha value is -1.49. The van der Waals surface area contributed by atoms with Crippen LogP contribution < -0.4 is 0 Å². The van der Waals surface area contributed by atoms with Crippen LogP contribution in [0.2, 0.25) is 0 Å². The van der Waals surface area contributed by atoms with E-state index in [1.165, 1.54) is 0 Å². The van der Waals surface area contributed by atoms with Gasteiger partial charge < -0.3 is 9.47 Å². The van der Waals surface area contributed by atoms with Crippen molar-refractivity contribution in [2.75, 3.05) is 12.8 Å². The van der Waals surface area contributed by atoms with Gasteiger partial charge in [0.15, 0.2) is 0 Å². The molecule has 4 nitrogen and oxygen atoms in total. The first-order valence-corrected chi connectivity index (χ1v) is 10.2. The molecule has 0 bridgehead atoms. The highest BCUT2D eigenvalue weighted by molar-refractivity contribution is 7.97. The van der Waals surface area contributed by atoms with Crippen LogP contribution in [0.1, 0.15) is 45.9 Å². The number of amides is 1. The molecule has 1 heterocycles. The molecule has 2 rings (SSSR count). The molecule has 0 fully saturated rings. The second-order valence-electron chi connectivity index (χ2n) is 6.23. The number of hydrogen-bond donors (Lipinski definition) is 0. The first-order valence-electron chi connectivity index (χ1n) is 8.84. The van der Waals surface area contributed by atoms with Crippen LogP contribution >= 0.6 is 11.8 Å². The number of thioether (sulfide) groups is 1. The number of imidazole rings is 1. The summed E-state index contributed by atoms with van der Waals surface area (Å²) in [4.78, 5) is 19.7. The van der Waals surface area contributed by atoms with E-state index >= 15 is 0 Å². The minimum Gasteiger partial charge on any atom is -0.338 e. The van der Waals surface area contributed by atoms with Crippen LogP contribution in [0.3, 0.4) is 0 Å². The second kappa shape index (κ2) is 9.11. The third-order valence-electron chi connectivity index (χ3n) is 4.50. The molecule has 0 aliphatic rings. The Kier molecular flexibility index (Phi) is 7.16. The largest absolute Gasteiger partial charge is 0.338 e. The van der Waals surface area contributed by atoms with Crippen LogP contribution in [0, 0.1) is 0 Å². The van der Waals surface area contributed by atoms with Gasteiger partial charge in [0.25, 0.3) is 0 Å². The average Bonchev–Trinajstić information content (AvgIpc) is 2.93. The molecular weight excluding hydrogens is 318 g/mol. The molecule has 0 N–H and O–H groups in total. The van der Waals surface area contributed by atoms with Crippen LogP contribution in [0.5, 0.6) is 0 Å². The normalized spacial score (nSPS) is 12.5. The minimum absolute atomic E-state index is 0.198. The third kappa shape index (κ3) is 4.32. The Bertz CT molecular complexity index is 668. The molecular formula is C19H29N3OS. The van der Waals surface area contributed by atoms with Crippen molar-refractivity contribution in [2.45, 2.75) is 58.4 Å². The number of hydrogen-bond acceptors (Lipinski definition) is 3. The van der Waals surface area contributed by atoms with Crippen LogP contribution in [0.4, 0.5) is 0 Å². The fourth-order valence-electron chi connectivity index (χ4n) is 2.91. The first kappa shape index (κ1) is 18.8. The smallest absolute Gasteiger partial charge is 0.242 e. The Labute approximate surface area is 149 Å². The Morgan fingerprint density at radius 1 is 1.33 bits per heavy atom. The van der Waals surface area contributed by atoms with Crippen LogP contribution in [0.25, 0.3) is 11.0 Å². The summed E-state index contributed by atoms with van der Waals surface area (Å²) in [5, 5.41) is 0. The Morgan fingerprint density at radius 2 is 2.08 bits per heavy atom. The number of unbranched alkanes of at least 4 members (excludes halogenated alkanes) is 1. The molecule has 132 valence electrons. The van der Waals surface area contributed by atoms with E-state index in [-0.39, 0.29) is 11.9 Å². The highest BCUT2D eigenvalue weighted by Gasteiger charge is 2.21. The lowest BCUT2D eigenvalue weighted by Gasteiger charge is -2.29. The lowest BCUT2D eigenvalue weighted by molar-refractivity contribution is -0.134. The third-order valence-corrected chi connectivity index (χ3v) is 5.04. The van der Waals surface area contributed by atoms with Crippen molar-refractivity contribution in [1.82, 2.24) is 14.5 Å². The van der Waals surface area contributed by atoms with Crippen molar-refractivity contribution < 1.29 is 4.79 Å². The molecule has 1 amide bonds. The lowest BCUT2D eigenvalue weighted by atomic mass is 10.2. The maximum atomic E-state index is 13.0. The molecule has 0 saturated carbocycles. The van der Waals surface area contributed by atoms with E-state index in [1.54, 1.807) is 11.8 Å². The highest BCUT2D eigenvalue weighted by atomic mass is 32.2. The predicted molar refractivity (Wildman–Crippen MR) is 103 cm³/mol. The van der Waals surface area contributed by atoms with Gasteiger partial charge in [-0.1, -0.05) is 32.4 Å². The molecule has 1 aromatic heterocycles. The molecule has 0 aliphatic heterocycles. The van der Waals surface area contributed by atoms with Crippen molar-refractivity contribution in [2.24, 2.45) is 0 Å². The SMILES string of the molecule is CCCCN(C(=O)Cn1c(CSC)nc2ccccc21)C(C)CC. The fraction of sp³-hybridized carbons (Fsp3) is 0.579. The molecule has 2 aromatic rings. The quantitative estimate of drug-likeness (QED) is 0.678. The number of fused-ring (bicyclic) bond motifs is 1. The molecule has 0 radical (unpaired) electrons. The van der Waals surface area contributed by atoms with Crippen LogP contribution in [-0.4, -0.2) is 39.2 Å². The molecule has 24 heavy (non-hydrogen) atoms. The van der Waals surface area contributed by atoms with E-state index in [0.717, 1.165) is 48.4 Å². The van der Waals surface area contributed by atoms with Crippen molar-refractivity contribution in [3.05, 3.63) is 30.1 Å². The topological polar surface area (TPSA) is 38.1 Å². The van der Waals surface area contributed by atoms with E-state index in [2.05, 4.69) is 37.7 Å². The van der Waals surface area contributed by atoms with Gasteiger partial charge in [-0.3, -0.25) is 4.79 Å². The van der Waals surface area contributed by atoms with Gasteiger partial charge >= 0.3 is 0 Å². The van der Waals surface area contributed by atoms with Gasteiger partial charge in [-0.25, -0.2) is 4.98 Å². The van der Waals surface area contributed by atoms with Gasteiger partial charge in [0.2, 0.25) is 5.91 Å². The van der Waals surface area contributed by atoms with Crippen molar-refractivity contribution in [3.63, 3.8) is 0 Å². The van der Waals surface area contributed by atoms with Gasteiger partial charge in [0.1, 0.15) is 12.4 Å². The molecule has 1 aromatic carbocycles.